The molecule has 74 valence electrons. The summed E-state index contributed by atoms with van der Waals surface area (Å²) in [6, 6.07) is 0.0130. The first-order valence-electron chi connectivity index (χ1n) is 5.20. The van der Waals surface area contributed by atoms with E-state index in [4.69, 9.17) is 11.5 Å². The molecule has 0 bridgehead atoms. The summed E-state index contributed by atoms with van der Waals surface area (Å²) in [6.45, 7) is 0. The molecule has 0 spiro atoms. The summed E-state index contributed by atoms with van der Waals surface area (Å²) in [7, 11) is 0. The van der Waals surface area contributed by atoms with Crippen molar-refractivity contribution in [3.05, 3.63) is 0 Å². The van der Waals surface area contributed by atoms with E-state index in [-0.39, 0.29) is 11.9 Å². The van der Waals surface area contributed by atoms with Crippen LogP contribution in [0.2, 0.25) is 0 Å². The number of primary amides is 1. The number of hydrogen-bond donors (Lipinski definition) is 2. The molecule has 4 N–H and O–H groups in total. The molecule has 2 fully saturated rings. The minimum absolute atomic E-state index is 0.0130. The molecule has 2 aliphatic carbocycles. The van der Waals surface area contributed by atoms with Crippen molar-refractivity contribution in [1.82, 2.24) is 0 Å². The summed E-state index contributed by atoms with van der Waals surface area (Å²) < 4.78 is 0. The lowest BCUT2D eigenvalue weighted by atomic mass is 9.83. The van der Waals surface area contributed by atoms with Crippen LogP contribution in [0, 0.1) is 17.8 Å². The molecular formula is C10H18N2O. The van der Waals surface area contributed by atoms with Crippen molar-refractivity contribution in [2.45, 2.75) is 38.1 Å². The maximum atomic E-state index is 10.7. The second kappa shape index (κ2) is 3.29. The molecule has 0 heterocycles. The Balaban J connectivity index is 1.81. The van der Waals surface area contributed by atoms with Crippen molar-refractivity contribution in [2.75, 3.05) is 0 Å². The van der Waals surface area contributed by atoms with Gasteiger partial charge in [0.1, 0.15) is 0 Å². The zero-order valence-electron chi connectivity index (χ0n) is 7.91. The average molecular weight is 182 g/mol. The van der Waals surface area contributed by atoms with E-state index < -0.39 is 0 Å². The Labute approximate surface area is 78.9 Å². The van der Waals surface area contributed by atoms with Crippen molar-refractivity contribution < 1.29 is 4.79 Å². The molecule has 4 unspecified atom stereocenters. The molecule has 0 aliphatic heterocycles. The summed E-state index contributed by atoms with van der Waals surface area (Å²) >= 11 is 0. The number of nitrogens with two attached hydrogens (primary N) is 2. The molecule has 0 saturated heterocycles. The van der Waals surface area contributed by atoms with E-state index in [1.807, 2.05) is 0 Å². The Kier molecular flexibility index (Phi) is 2.28. The van der Waals surface area contributed by atoms with Gasteiger partial charge in [-0.05, 0) is 43.4 Å². The van der Waals surface area contributed by atoms with Crippen LogP contribution in [0.3, 0.4) is 0 Å². The predicted octanol–water partition coefficient (Wildman–Crippen LogP) is 0.625. The molecule has 0 aromatic heterocycles. The quantitative estimate of drug-likeness (QED) is 0.672. The van der Waals surface area contributed by atoms with Crippen LogP contribution in [-0.2, 0) is 4.79 Å². The molecule has 4 atom stereocenters. The summed E-state index contributed by atoms with van der Waals surface area (Å²) in [4.78, 5) is 10.7. The van der Waals surface area contributed by atoms with Gasteiger partial charge in [0, 0.05) is 12.5 Å². The Morgan fingerprint density at radius 3 is 2.69 bits per heavy atom. The van der Waals surface area contributed by atoms with Crippen molar-refractivity contribution in [2.24, 2.45) is 29.2 Å². The van der Waals surface area contributed by atoms with Crippen LogP contribution < -0.4 is 11.5 Å². The summed E-state index contributed by atoms with van der Waals surface area (Å²) in [5, 5.41) is 0. The topological polar surface area (TPSA) is 69.1 Å². The normalized spacial score (nSPS) is 39.3. The molecule has 0 radical (unpaired) electrons. The molecule has 13 heavy (non-hydrogen) atoms. The monoisotopic (exact) mass is 182 g/mol. The molecule has 0 aromatic carbocycles. The Hall–Kier alpha value is -0.570. The van der Waals surface area contributed by atoms with Crippen molar-refractivity contribution in [3.63, 3.8) is 0 Å². The first-order chi connectivity index (χ1) is 6.16. The number of carbonyl (C=O) groups excluding carboxylic acids is 1. The predicted molar refractivity (Wildman–Crippen MR) is 50.7 cm³/mol. The van der Waals surface area contributed by atoms with Crippen LogP contribution in [0.5, 0.6) is 0 Å². The van der Waals surface area contributed by atoms with Gasteiger partial charge in [0.25, 0.3) is 0 Å². The second-order valence-corrected chi connectivity index (χ2v) is 4.66. The van der Waals surface area contributed by atoms with Gasteiger partial charge in [-0.3, -0.25) is 4.79 Å². The smallest absolute Gasteiger partial charge is 0.218 e. The van der Waals surface area contributed by atoms with Crippen LogP contribution in [0.15, 0.2) is 0 Å². The van der Waals surface area contributed by atoms with E-state index in [1.54, 1.807) is 0 Å². The molecule has 3 nitrogen and oxygen atoms in total. The fraction of sp³-hybridized carbons (Fsp3) is 0.900. The SMILES string of the molecule is NC(=O)CC(N)C1CCC2CC2C1. The largest absolute Gasteiger partial charge is 0.370 e. The Morgan fingerprint density at radius 2 is 2.08 bits per heavy atom. The highest BCUT2D eigenvalue weighted by Gasteiger charge is 2.43. The third-order valence-electron chi connectivity index (χ3n) is 3.63. The van der Waals surface area contributed by atoms with Gasteiger partial charge in [-0.25, -0.2) is 0 Å². The highest BCUT2D eigenvalue weighted by atomic mass is 16.1. The van der Waals surface area contributed by atoms with Gasteiger partial charge in [-0.15, -0.1) is 0 Å². The van der Waals surface area contributed by atoms with Gasteiger partial charge in [-0.2, -0.15) is 0 Å². The number of hydrogen-bond acceptors (Lipinski definition) is 2. The molecular weight excluding hydrogens is 164 g/mol. The highest BCUT2D eigenvalue weighted by Crippen LogP contribution is 2.51. The molecule has 3 heteroatoms. The zero-order valence-corrected chi connectivity index (χ0v) is 7.91. The number of fused-ring (bicyclic) bond motifs is 1. The van der Waals surface area contributed by atoms with Crippen molar-refractivity contribution in [3.8, 4) is 0 Å². The Bertz CT molecular complexity index is 217. The minimum atomic E-state index is -0.259. The number of carbonyl (C=O) groups is 1. The summed E-state index contributed by atoms with van der Waals surface area (Å²) in [5.74, 6) is 2.22. The minimum Gasteiger partial charge on any atom is -0.370 e. The molecule has 2 rings (SSSR count). The lowest BCUT2D eigenvalue weighted by Crippen LogP contribution is -2.36. The van der Waals surface area contributed by atoms with Crippen molar-refractivity contribution >= 4 is 5.91 Å². The number of rotatable bonds is 3. The molecule has 1 amide bonds. The average Bonchev–Trinajstić information content (AvgIpc) is 2.79. The second-order valence-electron chi connectivity index (χ2n) is 4.66. The first-order valence-corrected chi connectivity index (χ1v) is 5.20. The lowest BCUT2D eigenvalue weighted by Gasteiger charge is -2.26. The van der Waals surface area contributed by atoms with Gasteiger partial charge in [-0.1, -0.05) is 0 Å². The maximum absolute atomic E-state index is 10.7. The molecule has 2 aliphatic rings. The van der Waals surface area contributed by atoms with Gasteiger partial charge in [0.15, 0.2) is 0 Å². The standard InChI is InChI=1S/C10H18N2O/c11-9(5-10(12)13)7-2-1-6-3-8(6)4-7/h6-9H,1-5,11H2,(H2,12,13). The van der Waals surface area contributed by atoms with E-state index in [0.29, 0.717) is 12.3 Å². The fourth-order valence-electron chi connectivity index (χ4n) is 2.68. The van der Waals surface area contributed by atoms with Gasteiger partial charge in [0.05, 0.1) is 0 Å². The van der Waals surface area contributed by atoms with E-state index in [1.165, 1.54) is 25.7 Å². The van der Waals surface area contributed by atoms with Crippen molar-refractivity contribution in [1.29, 1.82) is 0 Å². The van der Waals surface area contributed by atoms with E-state index in [0.717, 1.165) is 11.8 Å². The zero-order chi connectivity index (χ0) is 9.42. The van der Waals surface area contributed by atoms with Gasteiger partial charge in [0.2, 0.25) is 5.91 Å². The maximum Gasteiger partial charge on any atom is 0.218 e. The van der Waals surface area contributed by atoms with E-state index >= 15 is 0 Å². The van der Waals surface area contributed by atoms with Crippen LogP contribution in [0.4, 0.5) is 0 Å². The molecule has 2 saturated carbocycles. The van der Waals surface area contributed by atoms with Crippen LogP contribution >= 0.6 is 0 Å². The summed E-state index contributed by atoms with van der Waals surface area (Å²) in [5.41, 5.74) is 11.1. The van der Waals surface area contributed by atoms with Crippen LogP contribution in [0.25, 0.3) is 0 Å². The van der Waals surface area contributed by atoms with Gasteiger partial charge >= 0.3 is 0 Å². The molecule has 0 aromatic rings. The third-order valence-corrected chi connectivity index (χ3v) is 3.63. The van der Waals surface area contributed by atoms with Crippen LogP contribution in [0.1, 0.15) is 32.1 Å². The Morgan fingerprint density at radius 1 is 1.31 bits per heavy atom. The first kappa shape index (κ1) is 9.00. The fourth-order valence-corrected chi connectivity index (χ4v) is 2.68. The van der Waals surface area contributed by atoms with E-state index in [9.17, 15) is 4.79 Å². The number of amides is 1. The van der Waals surface area contributed by atoms with Gasteiger partial charge < -0.3 is 11.5 Å². The summed E-state index contributed by atoms with van der Waals surface area (Å²) in [6.07, 6.45) is 5.53. The highest BCUT2D eigenvalue weighted by molar-refractivity contribution is 5.74. The van der Waals surface area contributed by atoms with Crippen LogP contribution in [-0.4, -0.2) is 11.9 Å². The van der Waals surface area contributed by atoms with E-state index in [2.05, 4.69) is 0 Å². The third kappa shape index (κ3) is 2.02. The lowest BCUT2D eigenvalue weighted by molar-refractivity contribution is -0.118.